The van der Waals surface area contributed by atoms with Gasteiger partial charge in [0.1, 0.15) is 7.05 Å². The van der Waals surface area contributed by atoms with E-state index in [1.165, 1.54) is 70.1 Å². The second-order valence-corrected chi connectivity index (χ2v) is 17.6. The molecule has 0 bridgehead atoms. The Morgan fingerprint density at radius 2 is 1.48 bits per heavy atom. The van der Waals surface area contributed by atoms with Crippen LogP contribution in [0.5, 0.6) is 0 Å². The Morgan fingerprint density at radius 1 is 0.818 bits per heavy atom. The number of hydrogen-bond acceptors (Lipinski definition) is 0. The Morgan fingerprint density at radius 3 is 2.09 bits per heavy atom. The van der Waals surface area contributed by atoms with Gasteiger partial charge in [0, 0.05) is 6.07 Å². The van der Waals surface area contributed by atoms with Crippen LogP contribution in [0.15, 0.2) is 42.6 Å². The van der Waals surface area contributed by atoms with E-state index >= 15 is 0 Å². The molecule has 2 heteroatoms. The van der Waals surface area contributed by atoms with E-state index in [0.29, 0.717) is 0 Å². The van der Waals surface area contributed by atoms with Gasteiger partial charge in [0.25, 0.3) is 0 Å². The molecule has 0 unspecified atom stereocenters. The SMILES string of the molecule is Cc1c(-c2c3ccc([Si]4(C)CCCCC4)cc3cc[n+]2C)cc(C(C)(C)C)cc1C(C)(C)C. The third-order valence-corrected chi connectivity index (χ3v) is 12.7. The van der Waals surface area contributed by atoms with Gasteiger partial charge < -0.3 is 0 Å². The van der Waals surface area contributed by atoms with Gasteiger partial charge in [-0.15, -0.1) is 0 Å². The highest BCUT2D eigenvalue weighted by molar-refractivity contribution is 6.91. The molecule has 0 saturated carbocycles. The maximum absolute atomic E-state index is 2.61. The Hall–Kier alpha value is -1.93. The van der Waals surface area contributed by atoms with Gasteiger partial charge in [-0.2, -0.15) is 0 Å². The second-order valence-electron chi connectivity index (χ2n) is 12.9. The van der Waals surface area contributed by atoms with Crippen LogP contribution >= 0.6 is 0 Å². The molecule has 0 radical (unpaired) electrons. The average Bonchev–Trinajstić information content (AvgIpc) is 2.73. The van der Waals surface area contributed by atoms with Crippen molar-refractivity contribution in [1.29, 1.82) is 0 Å². The molecule has 0 spiro atoms. The Kier molecular flexibility index (Phi) is 6.14. The zero-order valence-corrected chi connectivity index (χ0v) is 23.5. The van der Waals surface area contributed by atoms with Gasteiger partial charge in [-0.05, 0) is 52.0 Å². The van der Waals surface area contributed by atoms with Crippen molar-refractivity contribution < 1.29 is 4.57 Å². The standard InChI is InChI=1S/C31H44NSi/c1-22-27(20-24(30(2,3)4)21-28(22)31(5,6)7)29-26-14-13-25(19-23(26)15-16-32(29)8)33(9)17-11-10-12-18-33/h13-16,19-21H,10-12,17-18H2,1-9H3/q+1. The lowest BCUT2D eigenvalue weighted by atomic mass is 9.76. The highest BCUT2D eigenvalue weighted by atomic mass is 28.3. The molecule has 1 aliphatic rings. The van der Waals surface area contributed by atoms with Gasteiger partial charge in [-0.3, -0.25) is 0 Å². The van der Waals surface area contributed by atoms with Gasteiger partial charge in [-0.25, -0.2) is 4.57 Å². The Balaban J connectivity index is 1.97. The normalized spacial score (nSPS) is 16.9. The number of hydrogen-bond donors (Lipinski definition) is 0. The fourth-order valence-electron chi connectivity index (χ4n) is 5.88. The van der Waals surface area contributed by atoms with E-state index in [4.69, 9.17) is 0 Å². The predicted molar refractivity (Wildman–Crippen MR) is 147 cm³/mol. The second kappa shape index (κ2) is 8.38. The number of nitrogens with zero attached hydrogens (tertiary/aromatic N) is 1. The predicted octanol–water partition coefficient (Wildman–Crippen LogP) is 7.70. The summed E-state index contributed by atoms with van der Waals surface area (Å²) in [6.07, 6.45) is 6.54. The molecule has 0 N–H and O–H groups in total. The molecule has 3 aromatic rings. The summed E-state index contributed by atoms with van der Waals surface area (Å²) in [5.41, 5.74) is 7.25. The summed E-state index contributed by atoms with van der Waals surface area (Å²) >= 11 is 0. The van der Waals surface area contributed by atoms with Crippen molar-refractivity contribution in [2.75, 3.05) is 0 Å². The summed E-state index contributed by atoms with van der Waals surface area (Å²) in [6, 6.07) is 17.6. The van der Waals surface area contributed by atoms with Crippen molar-refractivity contribution in [1.82, 2.24) is 0 Å². The summed E-state index contributed by atoms with van der Waals surface area (Å²) in [5.74, 6) is 0. The molecule has 1 fully saturated rings. The van der Waals surface area contributed by atoms with Crippen molar-refractivity contribution in [3.05, 3.63) is 59.3 Å². The van der Waals surface area contributed by atoms with Crippen molar-refractivity contribution in [2.45, 2.75) is 97.2 Å². The maximum Gasteiger partial charge on any atom is 0.220 e. The molecular weight excluding hydrogens is 414 g/mol. The first-order chi connectivity index (χ1) is 15.3. The lowest BCUT2D eigenvalue weighted by Crippen LogP contribution is -2.45. The number of rotatable bonds is 2. The lowest BCUT2D eigenvalue weighted by molar-refractivity contribution is -0.659. The van der Waals surface area contributed by atoms with E-state index in [9.17, 15) is 0 Å². The van der Waals surface area contributed by atoms with Gasteiger partial charge in [0.2, 0.25) is 5.69 Å². The van der Waals surface area contributed by atoms with Crippen LogP contribution in [-0.2, 0) is 17.9 Å². The number of benzene rings is 2. The van der Waals surface area contributed by atoms with E-state index in [-0.39, 0.29) is 10.8 Å². The summed E-state index contributed by atoms with van der Waals surface area (Å²) in [7, 11) is 0.883. The minimum Gasteiger partial charge on any atom is -0.200 e. The summed E-state index contributed by atoms with van der Waals surface area (Å²) < 4.78 is 2.34. The topological polar surface area (TPSA) is 3.88 Å². The minimum atomic E-state index is -1.33. The molecule has 0 aliphatic carbocycles. The fraction of sp³-hybridized carbons (Fsp3) is 0.516. The van der Waals surface area contributed by atoms with Crippen molar-refractivity contribution in [3.8, 4) is 11.3 Å². The molecule has 1 nitrogen and oxygen atoms in total. The largest absolute Gasteiger partial charge is 0.220 e. The van der Waals surface area contributed by atoms with E-state index < -0.39 is 8.07 Å². The maximum atomic E-state index is 2.61. The molecule has 1 saturated heterocycles. The average molecular weight is 459 g/mol. The number of pyridine rings is 1. The van der Waals surface area contributed by atoms with E-state index in [1.807, 2.05) is 0 Å². The fourth-order valence-corrected chi connectivity index (χ4v) is 9.75. The van der Waals surface area contributed by atoms with E-state index in [2.05, 4.69) is 109 Å². The molecule has 2 heterocycles. The zero-order valence-electron chi connectivity index (χ0n) is 22.5. The Labute approximate surface area is 203 Å². The first-order valence-electron chi connectivity index (χ1n) is 12.9. The molecule has 2 aromatic carbocycles. The molecule has 4 rings (SSSR count). The quantitative estimate of drug-likeness (QED) is 0.273. The molecule has 0 atom stereocenters. The van der Waals surface area contributed by atoms with Gasteiger partial charge in [-0.1, -0.05) is 103 Å². The smallest absolute Gasteiger partial charge is 0.200 e. The zero-order chi connectivity index (χ0) is 24.2. The van der Waals surface area contributed by atoms with Crippen molar-refractivity contribution in [3.63, 3.8) is 0 Å². The number of aromatic nitrogens is 1. The minimum absolute atomic E-state index is 0.109. The van der Waals surface area contributed by atoms with Gasteiger partial charge in [0.15, 0.2) is 6.20 Å². The van der Waals surface area contributed by atoms with E-state index in [0.717, 1.165) is 0 Å². The molecular formula is C31H44NSi+. The lowest BCUT2D eigenvalue weighted by Gasteiger charge is -2.32. The van der Waals surface area contributed by atoms with Crippen LogP contribution in [0.25, 0.3) is 22.0 Å². The van der Waals surface area contributed by atoms with Gasteiger partial charge >= 0.3 is 0 Å². The summed E-state index contributed by atoms with van der Waals surface area (Å²) in [6.45, 7) is 19.0. The molecule has 176 valence electrons. The van der Waals surface area contributed by atoms with Crippen LogP contribution in [0, 0.1) is 6.92 Å². The highest BCUT2D eigenvalue weighted by Gasteiger charge is 2.32. The van der Waals surface area contributed by atoms with Crippen LogP contribution in [0.3, 0.4) is 0 Å². The van der Waals surface area contributed by atoms with Crippen LogP contribution in [0.1, 0.15) is 77.5 Å². The van der Waals surface area contributed by atoms with Crippen molar-refractivity contribution >= 4 is 24.0 Å². The molecule has 33 heavy (non-hydrogen) atoms. The summed E-state index contributed by atoms with van der Waals surface area (Å²) in [5, 5.41) is 4.44. The third-order valence-electron chi connectivity index (χ3n) is 8.13. The molecule has 1 aliphatic heterocycles. The molecule has 0 amide bonds. The summed E-state index contributed by atoms with van der Waals surface area (Å²) in [4.78, 5) is 0. The first-order valence-corrected chi connectivity index (χ1v) is 15.8. The van der Waals surface area contributed by atoms with Crippen molar-refractivity contribution in [2.24, 2.45) is 7.05 Å². The number of aryl methyl sites for hydroxylation is 1. The van der Waals surface area contributed by atoms with Crippen LogP contribution in [0.2, 0.25) is 18.6 Å². The molecule has 1 aromatic heterocycles. The monoisotopic (exact) mass is 458 g/mol. The van der Waals surface area contributed by atoms with E-state index in [1.54, 1.807) is 5.19 Å². The Bertz CT molecular complexity index is 1180. The first kappa shape index (κ1) is 24.2. The van der Waals surface area contributed by atoms with Gasteiger partial charge in [0.05, 0.1) is 19.0 Å². The van der Waals surface area contributed by atoms with Crippen LogP contribution in [-0.4, -0.2) is 8.07 Å². The van der Waals surface area contributed by atoms with Crippen LogP contribution < -0.4 is 9.75 Å². The third kappa shape index (κ3) is 4.56. The number of fused-ring (bicyclic) bond motifs is 1. The highest BCUT2D eigenvalue weighted by Crippen LogP contribution is 2.38. The van der Waals surface area contributed by atoms with Crippen LogP contribution in [0.4, 0.5) is 0 Å².